The number of pyridine rings is 1. The highest BCUT2D eigenvalue weighted by molar-refractivity contribution is 7.15. The summed E-state index contributed by atoms with van der Waals surface area (Å²) in [5, 5.41) is 70.1. The summed E-state index contributed by atoms with van der Waals surface area (Å²) < 4.78 is 0. The van der Waals surface area contributed by atoms with E-state index < -0.39 is 77.5 Å². The molecule has 0 aliphatic carbocycles. The zero-order valence-corrected chi connectivity index (χ0v) is 47.6. The maximum absolute atomic E-state index is 13.9. The van der Waals surface area contributed by atoms with Crippen LogP contribution in [0.25, 0.3) is 49.1 Å². The van der Waals surface area contributed by atoms with Crippen LogP contribution in [0.2, 0.25) is 0 Å². The first-order valence-electron chi connectivity index (χ1n) is 23.7. The van der Waals surface area contributed by atoms with Crippen LogP contribution in [-0.2, 0) is 9.59 Å². The van der Waals surface area contributed by atoms with Crippen molar-refractivity contribution >= 4 is 109 Å². The second-order valence-electron chi connectivity index (χ2n) is 18.4. The van der Waals surface area contributed by atoms with E-state index in [2.05, 4.69) is 51.8 Å². The lowest BCUT2D eigenvalue weighted by Crippen LogP contribution is -2.52. The van der Waals surface area contributed by atoms with Crippen LogP contribution in [0.4, 0.5) is 0 Å². The van der Waals surface area contributed by atoms with E-state index in [0.717, 1.165) is 56.7 Å². The largest absolute Gasteiger partial charge is 0.392 e. The molecule has 8 rings (SSSR count). The Bertz CT molecular complexity index is 3480. The number of nitrogens with one attached hydrogen (secondary N) is 6. The maximum Gasteiger partial charge on any atom is 0.275 e. The SMILES string of the molecule is C/C=C(\NC(=O)c1csc(-c2csc(-c3ccc4c(n3)-c3csc(n3)C(C(C)O)NC(=O)c3csc(n3)C(C(C)(C)O)NC(=O)c3csc(n3)C(=C(C)C)NC(=O)C(C(C)O)NC(=O)c3csc-4n3)n2)n1)C(=O)NCC(C)O. The first-order valence-corrected chi connectivity index (χ1v) is 29.0. The van der Waals surface area contributed by atoms with E-state index in [-0.39, 0.29) is 61.4 Å². The molecule has 1 aliphatic rings. The third-order valence-electron chi connectivity index (χ3n) is 11.4. The molecule has 7 aromatic rings. The van der Waals surface area contributed by atoms with Crippen molar-refractivity contribution in [3.05, 3.63) is 99.6 Å². The fourth-order valence-electron chi connectivity index (χ4n) is 7.33. The van der Waals surface area contributed by atoms with E-state index in [1.807, 2.05) is 0 Å². The smallest absolute Gasteiger partial charge is 0.275 e. The Morgan fingerprint density at radius 3 is 1.85 bits per heavy atom. The fraction of sp³-hybridized carbons (Fsp3) is 0.327. The van der Waals surface area contributed by atoms with Gasteiger partial charge in [-0.2, -0.15) is 0 Å². The monoisotopic (exact) mass is 1170 g/mol. The average molecular weight is 1170 g/mol. The molecule has 10 N–H and O–H groups in total. The Morgan fingerprint density at radius 1 is 0.654 bits per heavy atom. The first kappa shape index (κ1) is 57.3. The summed E-state index contributed by atoms with van der Waals surface area (Å²) in [6.07, 6.45) is -1.93. The van der Waals surface area contributed by atoms with Crippen LogP contribution in [0.15, 0.2) is 61.8 Å². The molecule has 1 aliphatic heterocycles. The molecule has 8 heterocycles. The number of aromatic nitrogens is 7. The molecule has 0 radical (unpaired) electrons. The van der Waals surface area contributed by atoms with E-state index in [9.17, 15) is 49.2 Å². The number of carbonyl (C=O) groups is 6. The lowest BCUT2D eigenvalue weighted by Gasteiger charge is -2.28. The summed E-state index contributed by atoms with van der Waals surface area (Å²) in [5.41, 5.74) is 0.870. The minimum absolute atomic E-state index is 0.00743. The molecule has 0 fully saturated rings. The molecule has 23 nitrogen and oxygen atoms in total. The van der Waals surface area contributed by atoms with Crippen molar-refractivity contribution in [2.24, 2.45) is 0 Å². The highest BCUT2D eigenvalue weighted by atomic mass is 32.1. The molecule has 8 bridgehead atoms. The van der Waals surface area contributed by atoms with Crippen LogP contribution in [0, 0.1) is 0 Å². The number of hydrogen-bond acceptors (Lipinski definition) is 23. The summed E-state index contributed by atoms with van der Waals surface area (Å²) in [6.45, 7) is 12.3. The van der Waals surface area contributed by atoms with E-state index in [1.165, 1.54) is 73.6 Å². The molecule has 6 atom stereocenters. The standard InChI is InChI=1S/C49H51N13O10S6/c1-9-24(37(66)50-12-20(4)63)52-38(67)27-15-74-45(55-27)31-18-75-44(58-31)25-11-10-23-35(51-25)26-13-76-47(53-26)34(22(6)65)61-40(69)29-17-78-48(57-29)36(49(7,8)72)62-41(70)30-16-77-46(56-30)32(19(2)3)59-42(71)33(21(5)64)60-39(68)28-14-73-43(23)54-28/h9-11,13-18,20-22,33-34,36,63-65,72H,12H2,1-8H3,(H,50,66)(H,52,67)(H,59,71)(H,60,68)(H,61,69)(H,62,70)/b24-9-. The van der Waals surface area contributed by atoms with Crippen molar-refractivity contribution in [1.29, 1.82) is 0 Å². The molecule has 29 heteroatoms. The zero-order chi connectivity index (χ0) is 56.3. The Morgan fingerprint density at radius 2 is 1.19 bits per heavy atom. The quantitative estimate of drug-likeness (QED) is 0.0799. The van der Waals surface area contributed by atoms with Crippen LogP contribution in [0.3, 0.4) is 0 Å². The van der Waals surface area contributed by atoms with Crippen LogP contribution in [-0.4, -0.2) is 127 Å². The summed E-state index contributed by atoms with van der Waals surface area (Å²) in [7, 11) is 0. The number of rotatable bonds is 10. The summed E-state index contributed by atoms with van der Waals surface area (Å²) in [4.78, 5) is 114. The minimum Gasteiger partial charge on any atom is -0.392 e. The molecule has 6 unspecified atom stereocenters. The van der Waals surface area contributed by atoms with Gasteiger partial charge in [0, 0.05) is 44.4 Å². The second-order valence-corrected chi connectivity index (χ2v) is 23.6. The number of aliphatic hydroxyl groups excluding tert-OH is 3. The van der Waals surface area contributed by atoms with Crippen LogP contribution in [0.1, 0.15) is 124 Å². The molecule has 6 amide bonds. The predicted molar refractivity (Wildman–Crippen MR) is 297 cm³/mol. The van der Waals surface area contributed by atoms with E-state index in [0.29, 0.717) is 43.2 Å². The zero-order valence-electron chi connectivity index (χ0n) is 42.7. The number of thiazole rings is 6. The van der Waals surface area contributed by atoms with Gasteiger partial charge < -0.3 is 52.3 Å². The van der Waals surface area contributed by atoms with Gasteiger partial charge in [-0.3, -0.25) is 28.8 Å². The number of aliphatic hydroxyl groups is 4. The first-order chi connectivity index (χ1) is 37.0. The molecule has 0 saturated carbocycles. The van der Waals surface area contributed by atoms with Crippen molar-refractivity contribution in [3.8, 4) is 43.4 Å². The van der Waals surface area contributed by atoms with E-state index >= 15 is 0 Å². The van der Waals surface area contributed by atoms with Crippen molar-refractivity contribution in [2.45, 2.75) is 97.4 Å². The van der Waals surface area contributed by atoms with Gasteiger partial charge in [-0.25, -0.2) is 34.9 Å². The number of nitrogens with zero attached hydrogens (tertiary/aromatic N) is 7. The highest BCUT2D eigenvalue weighted by Crippen LogP contribution is 2.38. The van der Waals surface area contributed by atoms with Crippen molar-refractivity contribution in [1.82, 2.24) is 66.8 Å². The highest BCUT2D eigenvalue weighted by Gasteiger charge is 2.36. The molecular weight excluding hydrogens is 1120 g/mol. The normalized spacial score (nSPS) is 17.9. The van der Waals surface area contributed by atoms with Gasteiger partial charge in [-0.15, -0.1) is 68.0 Å². The Balaban J connectivity index is 1.16. The van der Waals surface area contributed by atoms with E-state index in [1.54, 1.807) is 43.7 Å². The summed E-state index contributed by atoms with van der Waals surface area (Å²) >= 11 is 6.69. The average Bonchev–Trinajstić information content (AvgIpc) is 4.29. The number of hydrogen-bond donors (Lipinski definition) is 10. The number of amides is 6. The number of allylic oxidation sites excluding steroid dienone is 2. The second kappa shape index (κ2) is 24.0. The van der Waals surface area contributed by atoms with Crippen molar-refractivity contribution in [2.75, 3.05) is 6.54 Å². The summed E-state index contributed by atoms with van der Waals surface area (Å²) in [6, 6.07) is -0.258. The molecular formula is C49H51N13O10S6. The third kappa shape index (κ3) is 13.0. The number of fused-ring (bicyclic) bond motifs is 11. The van der Waals surface area contributed by atoms with Gasteiger partial charge in [-0.05, 0) is 73.1 Å². The molecule has 0 spiro atoms. The van der Waals surface area contributed by atoms with Crippen molar-refractivity contribution < 1.29 is 49.2 Å². The van der Waals surface area contributed by atoms with Gasteiger partial charge in [0.2, 0.25) is 5.91 Å². The minimum atomic E-state index is -1.60. The fourth-order valence-corrected chi connectivity index (χ4v) is 12.7. The van der Waals surface area contributed by atoms with Gasteiger partial charge in [-0.1, -0.05) is 6.08 Å². The van der Waals surface area contributed by atoms with Gasteiger partial charge in [0.25, 0.3) is 29.5 Å². The summed E-state index contributed by atoms with van der Waals surface area (Å²) in [5.74, 6) is -4.14. The van der Waals surface area contributed by atoms with Crippen molar-refractivity contribution in [3.63, 3.8) is 0 Å². The van der Waals surface area contributed by atoms with E-state index in [4.69, 9.17) is 15.0 Å². The molecule has 0 saturated heterocycles. The maximum atomic E-state index is 13.9. The third-order valence-corrected chi connectivity index (χ3v) is 16.7. The number of carbonyl (C=O) groups excluding carboxylic acids is 6. The van der Waals surface area contributed by atoms with Gasteiger partial charge in [0.15, 0.2) is 0 Å². The molecule has 0 aromatic carbocycles. The van der Waals surface area contributed by atoms with Gasteiger partial charge in [0.1, 0.15) is 93.7 Å². The van der Waals surface area contributed by atoms with Crippen LogP contribution >= 0.6 is 68.0 Å². The molecule has 408 valence electrons. The lowest BCUT2D eigenvalue weighted by atomic mass is 9.99. The Hall–Kier alpha value is -6.93. The Kier molecular flexibility index (Phi) is 17.6. The predicted octanol–water partition coefficient (Wildman–Crippen LogP) is 5.07. The van der Waals surface area contributed by atoms with Crippen LogP contribution in [0.5, 0.6) is 0 Å². The van der Waals surface area contributed by atoms with Gasteiger partial charge in [0.05, 0.1) is 35.3 Å². The van der Waals surface area contributed by atoms with Crippen LogP contribution < -0.4 is 31.9 Å². The molecule has 7 aromatic heterocycles. The van der Waals surface area contributed by atoms with Gasteiger partial charge >= 0.3 is 0 Å². The Labute approximate surface area is 469 Å². The molecule has 78 heavy (non-hydrogen) atoms. The lowest BCUT2D eigenvalue weighted by molar-refractivity contribution is -0.124. The topological polar surface area (TPSA) is 346 Å².